The lowest BCUT2D eigenvalue weighted by Crippen LogP contribution is -2.25. The van der Waals surface area contributed by atoms with Gasteiger partial charge in [-0.05, 0) is 64.5 Å². The molecule has 0 spiro atoms. The highest BCUT2D eigenvalue weighted by atomic mass is 79.9. The normalized spacial score (nSPS) is 11.2. The zero-order chi connectivity index (χ0) is 24.4. The number of rotatable bonds is 7. The van der Waals surface area contributed by atoms with E-state index in [4.69, 9.17) is 11.6 Å². The summed E-state index contributed by atoms with van der Waals surface area (Å²) in [5, 5.41) is 17.9. The van der Waals surface area contributed by atoms with Gasteiger partial charge >= 0.3 is 5.69 Å². The van der Waals surface area contributed by atoms with Crippen molar-refractivity contribution in [3.63, 3.8) is 0 Å². The minimum atomic E-state index is -0.417. The molecule has 2 aromatic heterocycles. The molecule has 0 atom stereocenters. The van der Waals surface area contributed by atoms with Gasteiger partial charge in [-0.2, -0.15) is 9.36 Å². The highest BCUT2D eigenvalue weighted by Gasteiger charge is 2.18. The lowest BCUT2D eigenvalue weighted by Gasteiger charge is -2.10. The zero-order valence-electron chi connectivity index (χ0n) is 17.9. The van der Waals surface area contributed by atoms with Crippen LogP contribution in [0.2, 0.25) is 5.02 Å². The second-order valence-corrected chi connectivity index (χ2v) is 9.63. The second kappa shape index (κ2) is 10.1. The van der Waals surface area contributed by atoms with E-state index in [1.807, 2.05) is 34.9 Å². The summed E-state index contributed by atoms with van der Waals surface area (Å²) in [6, 6.07) is 20.9. The minimum absolute atomic E-state index is 0.0646. The molecule has 0 N–H and O–H groups in total. The van der Waals surface area contributed by atoms with Crippen molar-refractivity contribution in [3.8, 4) is 11.4 Å². The van der Waals surface area contributed by atoms with Crippen LogP contribution in [0.15, 0.2) is 87.2 Å². The van der Waals surface area contributed by atoms with Gasteiger partial charge in [0.2, 0.25) is 0 Å². The Kier molecular flexibility index (Phi) is 6.80. The van der Waals surface area contributed by atoms with E-state index >= 15 is 0 Å². The van der Waals surface area contributed by atoms with Crippen molar-refractivity contribution in [2.45, 2.75) is 17.5 Å². The van der Waals surface area contributed by atoms with Gasteiger partial charge in [0, 0.05) is 20.9 Å². The third-order valence-corrected chi connectivity index (χ3v) is 7.06. The van der Waals surface area contributed by atoms with Crippen molar-refractivity contribution in [1.82, 2.24) is 34.6 Å². The Labute approximate surface area is 216 Å². The van der Waals surface area contributed by atoms with Crippen molar-refractivity contribution in [2.24, 2.45) is 0 Å². The first-order valence-corrected chi connectivity index (χ1v) is 12.5. The van der Waals surface area contributed by atoms with Gasteiger partial charge in [0.05, 0.1) is 5.69 Å². The van der Waals surface area contributed by atoms with E-state index in [0.717, 1.165) is 11.3 Å². The fraction of sp³-hybridized carbons (Fsp3) is 0.0870. The maximum atomic E-state index is 13.5. The number of benzene rings is 3. The summed E-state index contributed by atoms with van der Waals surface area (Å²) >= 11 is 10.8. The number of nitrogens with zero attached hydrogens (tertiary/aromatic N) is 7. The standard InChI is InChI=1S/C23H16BrClFN7OS/c24-20-12-17(26)9-6-15(20)14-35-22-28-27-21(32(22)18-4-2-1-3-5-18)13-31-23(34)33(30-29-31)19-10-7-16(25)8-11-19/h1-12H,13-14H2. The molecule has 0 saturated carbocycles. The molecule has 0 amide bonds. The predicted octanol–water partition coefficient (Wildman–Crippen LogP) is 4.91. The Hall–Kier alpha value is -3.28. The molecule has 176 valence electrons. The van der Waals surface area contributed by atoms with Gasteiger partial charge in [0.25, 0.3) is 0 Å². The molecule has 0 aliphatic heterocycles. The van der Waals surface area contributed by atoms with Gasteiger partial charge in [-0.3, -0.25) is 4.57 Å². The van der Waals surface area contributed by atoms with Crippen LogP contribution < -0.4 is 5.69 Å². The SMILES string of the molecule is O=c1n(Cc2nnc(SCc3ccc(F)cc3Br)n2-c2ccccc2)nnn1-c1ccc(Cl)cc1. The van der Waals surface area contributed by atoms with E-state index in [2.05, 4.69) is 36.6 Å². The molecule has 0 aliphatic carbocycles. The van der Waals surface area contributed by atoms with E-state index in [1.54, 1.807) is 30.3 Å². The van der Waals surface area contributed by atoms with Crippen LogP contribution in [-0.2, 0) is 12.3 Å². The highest BCUT2D eigenvalue weighted by Crippen LogP contribution is 2.29. The van der Waals surface area contributed by atoms with Gasteiger partial charge in [-0.15, -0.1) is 10.2 Å². The smallest absolute Gasteiger partial charge is 0.272 e. The molecule has 0 aliphatic rings. The van der Waals surface area contributed by atoms with E-state index in [9.17, 15) is 9.18 Å². The first-order valence-electron chi connectivity index (χ1n) is 10.3. The molecule has 0 radical (unpaired) electrons. The molecule has 0 unspecified atom stereocenters. The Morgan fingerprint density at radius 3 is 2.46 bits per heavy atom. The Bertz CT molecular complexity index is 1540. The van der Waals surface area contributed by atoms with Crippen LogP contribution >= 0.6 is 39.3 Å². The van der Waals surface area contributed by atoms with Crippen molar-refractivity contribution < 1.29 is 4.39 Å². The van der Waals surface area contributed by atoms with Gasteiger partial charge in [-0.1, -0.05) is 63.6 Å². The molecule has 2 heterocycles. The molecule has 0 bridgehead atoms. The zero-order valence-corrected chi connectivity index (χ0v) is 21.1. The van der Waals surface area contributed by atoms with E-state index < -0.39 is 5.69 Å². The third kappa shape index (κ3) is 5.07. The van der Waals surface area contributed by atoms with Gasteiger partial charge < -0.3 is 0 Å². The van der Waals surface area contributed by atoms with Gasteiger partial charge in [0.1, 0.15) is 12.4 Å². The molecule has 12 heteroatoms. The van der Waals surface area contributed by atoms with Crippen molar-refractivity contribution in [3.05, 3.63) is 110 Å². The Balaban J connectivity index is 1.46. The predicted molar refractivity (Wildman–Crippen MR) is 135 cm³/mol. The molecule has 5 rings (SSSR count). The monoisotopic (exact) mass is 571 g/mol. The highest BCUT2D eigenvalue weighted by molar-refractivity contribution is 9.10. The summed E-state index contributed by atoms with van der Waals surface area (Å²) in [7, 11) is 0. The van der Waals surface area contributed by atoms with Crippen LogP contribution in [0.3, 0.4) is 0 Å². The van der Waals surface area contributed by atoms with E-state index in [0.29, 0.717) is 31.9 Å². The first kappa shape index (κ1) is 23.5. The molecule has 8 nitrogen and oxygen atoms in total. The lowest BCUT2D eigenvalue weighted by molar-refractivity contribution is 0.598. The van der Waals surface area contributed by atoms with Gasteiger partial charge in [-0.25, -0.2) is 9.18 Å². The summed E-state index contributed by atoms with van der Waals surface area (Å²) in [5.74, 6) is 0.748. The number of thioether (sulfide) groups is 1. The number of halogens is 3. The van der Waals surface area contributed by atoms with Crippen LogP contribution in [0.25, 0.3) is 11.4 Å². The summed E-state index contributed by atoms with van der Waals surface area (Å²) < 4.78 is 18.4. The van der Waals surface area contributed by atoms with E-state index in [-0.39, 0.29) is 12.4 Å². The van der Waals surface area contributed by atoms with Crippen molar-refractivity contribution in [1.29, 1.82) is 0 Å². The maximum Gasteiger partial charge on any atom is 0.368 e. The number of hydrogen-bond donors (Lipinski definition) is 0. The third-order valence-electron chi connectivity index (χ3n) is 5.09. The quantitative estimate of drug-likeness (QED) is 0.258. The van der Waals surface area contributed by atoms with Crippen molar-refractivity contribution >= 4 is 39.3 Å². The van der Waals surface area contributed by atoms with Crippen molar-refractivity contribution in [2.75, 3.05) is 0 Å². The number of aromatic nitrogens is 7. The fourth-order valence-corrected chi connectivity index (χ4v) is 5.14. The molecule has 5 aromatic rings. The number of tetrazole rings is 1. The molecule has 3 aromatic carbocycles. The summed E-state index contributed by atoms with van der Waals surface area (Å²) in [5.41, 5.74) is 1.89. The molecular weight excluding hydrogens is 557 g/mol. The molecule has 0 fully saturated rings. The molecule has 0 saturated heterocycles. The average Bonchev–Trinajstić information content (AvgIpc) is 3.43. The second-order valence-electron chi connectivity index (χ2n) is 7.40. The van der Waals surface area contributed by atoms with Crippen LogP contribution in [0.4, 0.5) is 4.39 Å². The topological polar surface area (TPSA) is 83.4 Å². The first-order chi connectivity index (χ1) is 17.0. The van der Waals surface area contributed by atoms with Crippen LogP contribution in [0.5, 0.6) is 0 Å². The van der Waals surface area contributed by atoms with Crippen LogP contribution in [0, 0.1) is 5.82 Å². The lowest BCUT2D eigenvalue weighted by atomic mass is 10.2. The Morgan fingerprint density at radius 1 is 0.943 bits per heavy atom. The molecule has 35 heavy (non-hydrogen) atoms. The Morgan fingerprint density at radius 2 is 1.71 bits per heavy atom. The summed E-state index contributed by atoms with van der Waals surface area (Å²) in [6.45, 7) is 0.0646. The summed E-state index contributed by atoms with van der Waals surface area (Å²) in [4.78, 5) is 13.0. The molecular formula is C23H16BrClFN7OS. The van der Waals surface area contributed by atoms with Gasteiger partial charge in [0.15, 0.2) is 11.0 Å². The van der Waals surface area contributed by atoms with Crippen LogP contribution in [0.1, 0.15) is 11.4 Å². The number of hydrogen-bond acceptors (Lipinski definition) is 6. The van der Waals surface area contributed by atoms with E-state index in [1.165, 1.54) is 33.3 Å². The largest absolute Gasteiger partial charge is 0.368 e. The fourth-order valence-electron chi connectivity index (χ4n) is 3.37. The number of para-hydroxylation sites is 1. The minimum Gasteiger partial charge on any atom is -0.272 e. The average molecular weight is 573 g/mol. The summed E-state index contributed by atoms with van der Waals surface area (Å²) in [6.07, 6.45) is 0. The van der Waals surface area contributed by atoms with Crippen LogP contribution in [-0.4, -0.2) is 34.6 Å². The maximum absolute atomic E-state index is 13.5.